The Morgan fingerprint density at radius 2 is 2.31 bits per heavy atom. The van der Waals surface area contributed by atoms with E-state index in [1.54, 1.807) is 0 Å². The minimum atomic E-state index is 0.579. The van der Waals surface area contributed by atoms with Gasteiger partial charge in [0.1, 0.15) is 5.75 Å². The first-order valence-corrected chi connectivity index (χ1v) is 5.99. The molecule has 4 heteroatoms. The maximum atomic E-state index is 5.42. The number of ether oxygens (including phenoxy) is 1. The van der Waals surface area contributed by atoms with Gasteiger partial charge in [0.2, 0.25) is 0 Å². The van der Waals surface area contributed by atoms with Crippen LogP contribution in [0.4, 0.5) is 5.69 Å². The third kappa shape index (κ3) is 3.38. The summed E-state index contributed by atoms with van der Waals surface area (Å²) in [6.07, 6.45) is 2.45. The molecule has 0 amide bonds. The van der Waals surface area contributed by atoms with Gasteiger partial charge in [-0.2, -0.15) is 0 Å². The highest BCUT2D eigenvalue weighted by molar-refractivity contribution is 7.80. The first kappa shape index (κ1) is 11.2. The minimum absolute atomic E-state index is 0.579. The van der Waals surface area contributed by atoms with Crippen LogP contribution in [0.2, 0.25) is 0 Å². The molecule has 1 fully saturated rings. The van der Waals surface area contributed by atoms with Gasteiger partial charge in [0.05, 0.1) is 6.61 Å². The summed E-state index contributed by atoms with van der Waals surface area (Å²) in [5.41, 5.74) is 0.962. The molecule has 2 rings (SSSR count). The van der Waals surface area contributed by atoms with E-state index in [9.17, 15) is 0 Å². The zero-order valence-electron chi connectivity index (χ0n) is 9.32. The number of benzene rings is 1. The van der Waals surface area contributed by atoms with Crippen LogP contribution in [-0.4, -0.2) is 17.8 Å². The Morgan fingerprint density at radius 1 is 1.50 bits per heavy atom. The van der Waals surface area contributed by atoms with Gasteiger partial charge in [-0.3, -0.25) is 0 Å². The molecule has 0 atom stereocenters. The van der Waals surface area contributed by atoms with Gasteiger partial charge in [0.15, 0.2) is 5.11 Å². The molecular weight excluding hydrogens is 220 g/mol. The minimum Gasteiger partial charge on any atom is -0.494 e. The Morgan fingerprint density at radius 3 is 3.00 bits per heavy atom. The predicted octanol–water partition coefficient (Wildman–Crippen LogP) is 2.53. The SMILES string of the molecule is CCOc1cccc(NC(=S)NC2CC2)c1. The van der Waals surface area contributed by atoms with Crippen molar-refractivity contribution in [2.75, 3.05) is 11.9 Å². The van der Waals surface area contributed by atoms with Crippen LogP contribution < -0.4 is 15.4 Å². The summed E-state index contributed by atoms with van der Waals surface area (Å²) in [4.78, 5) is 0. The number of hydrogen-bond donors (Lipinski definition) is 2. The number of anilines is 1. The number of nitrogens with one attached hydrogen (secondary N) is 2. The van der Waals surface area contributed by atoms with Gasteiger partial charge in [0.25, 0.3) is 0 Å². The quantitative estimate of drug-likeness (QED) is 0.787. The lowest BCUT2D eigenvalue weighted by atomic mass is 10.3. The summed E-state index contributed by atoms with van der Waals surface area (Å²) in [5.74, 6) is 0.863. The second kappa shape index (κ2) is 5.16. The second-order valence-corrected chi connectivity index (χ2v) is 4.24. The molecule has 2 N–H and O–H groups in total. The molecule has 0 aliphatic heterocycles. The van der Waals surface area contributed by atoms with Gasteiger partial charge >= 0.3 is 0 Å². The molecule has 3 nitrogen and oxygen atoms in total. The molecule has 0 heterocycles. The van der Waals surface area contributed by atoms with Gasteiger partial charge in [-0.1, -0.05) is 6.07 Å². The highest BCUT2D eigenvalue weighted by Crippen LogP contribution is 2.20. The average molecular weight is 236 g/mol. The van der Waals surface area contributed by atoms with Gasteiger partial charge in [-0.25, -0.2) is 0 Å². The Kier molecular flexibility index (Phi) is 3.62. The van der Waals surface area contributed by atoms with Crippen molar-refractivity contribution < 1.29 is 4.74 Å². The zero-order chi connectivity index (χ0) is 11.4. The van der Waals surface area contributed by atoms with Crippen molar-refractivity contribution in [1.29, 1.82) is 0 Å². The molecule has 1 aromatic rings. The van der Waals surface area contributed by atoms with Crippen molar-refractivity contribution >= 4 is 23.0 Å². The Hall–Kier alpha value is -1.29. The maximum absolute atomic E-state index is 5.42. The summed E-state index contributed by atoms with van der Waals surface area (Å²) >= 11 is 5.20. The van der Waals surface area contributed by atoms with E-state index in [2.05, 4.69) is 10.6 Å². The van der Waals surface area contributed by atoms with E-state index in [1.807, 2.05) is 31.2 Å². The normalized spacial score (nSPS) is 14.3. The molecule has 1 aliphatic carbocycles. The van der Waals surface area contributed by atoms with Crippen LogP contribution in [0.1, 0.15) is 19.8 Å². The maximum Gasteiger partial charge on any atom is 0.170 e. The van der Waals surface area contributed by atoms with Crippen molar-refractivity contribution in [3.63, 3.8) is 0 Å². The lowest BCUT2D eigenvalue weighted by molar-refractivity contribution is 0.340. The predicted molar refractivity (Wildman–Crippen MR) is 70.0 cm³/mol. The van der Waals surface area contributed by atoms with Crippen LogP contribution >= 0.6 is 12.2 Å². The summed E-state index contributed by atoms with van der Waals surface area (Å²) in [6, 6.07) is 8.39. The van der Waals surface area contributed by atoms with Crippen molar-refractivity contribution in [3.05, 3.63) is 24.3 Å². The van der Waals surface area contributed by atoms with E-state index in [0.29, 0.717) is 17.8 Å². The molecular formula is C12H16N2OS. The summed E-state index contributed by atoms with van der Waals surface area (Å²) in [5, 5.41) is 7.08. The van der Waals surface area contributed by atoms with Crippen LogP contribution in [0.15, 0.2) is 24.3 Å². The van der Waals surface area contributed by atoms with Gasteiger partial charge in [-0.05, 0) is 44.1 Å². The van der Waals surface area contributed by atoms with E-state index < -0.39 is 0 Å². The second-order valence-electron chi connectivity index (χ2n) is 3.83. The fourth-order valence-corrected chi connectivity index (χ4v) is 1.70. The third-order valence-electron chi connectivity index (χ3n) is 2.32. The van der Waals surface area contributed by atoms with Gasteiger partial charge in [0, 0.05) is 17.8 Å². The van der Waals surface area contributed by atoms with Crippen LogP contribution in [-0.2, 0) is 0 Å². The van der Waals surface area contributed by atoms with Gasteiger partial charge in [-0.15, -0.1) is 0 Å². The molecule has 1 saturated carbocycles. The summed E-state index contributed by atoms with van der Waals surface area (Å²) < 4.78 is 5.42. The molecule has 0 unspecified atom stereocenters. The molecule has 0 aromatic heterocycles. The van der Waals surface area contributed by atoms with E-state index in [1.165, 1.54) is 12.8 Å². The monoisotopic (exact) mass is 236 g/mol. The third-order valence-corrected chi connectivity index (χ3v) is 2.54. The average Bonchev–Trinajstić information content (AvgIpc) is 3.02. The molecule has 0 saturated heterocycles. The molecule has 86 valence electrons. The van der Waals surface area contributed by atoms with Gasteiger partial charge < -0.3 is 15.4 Å². The molecule has 0 bridgehead atoms. The summed E-state index contributed by atoms with van der Waals surface area (Å²) in [7, 11) is 0. The van der Waals surface area contributed by atoms with Crippen molar-refractivity contribution in [2.45, 2.75) is 25.8 Å². The standard InChI is InChI=1S/C12H16N2OS/c1-2-15-11-5-3-4-10(8-11)14-12(16)13-9-6-7-9/h3-5,8-9H,2,6-7H2,1H3,(H2,13,14,16). The fourth-order valence-electron chi connectivity index (χ4n) is 1.41. The topological polar surface area (TPSA) is 33.3 Å². The van der Waals surface area contributed by atoms with Crippen LogP contribution in [0.3, 0.4) is 0 Å². The highest BCUT2D eigenvalue weighted by atomic mass is 32.1. The Bertz CT molecular complexity index is 377. The van der Waals surface area contributed by atoms with Crippen molar-refractivity contribution in [2.24, 2.45) is 0 Å². The van der Waals surface area contributed by atoms with Crippen molar-refractivity contribution in [1.82, 2.24) is 5.32 Å². The zero-order valence-corrected chi connectivity index (χ0v) is 10.1. The smallest absolute Gasteiger partial charge is 0.170 e. The van der Waals surface area contributed by atoms with Crippen LogP contribution in [0.25, 0.3) is 0 Å². The van der Waals surface area contributed by atoms with Crippen molar-refractivity contribution in [3.8, 4) is 5.75 Å². The van der Waals surface area contributed by atoms with Crippen LogP contribution in [0, 0.1) is 0 Å². The summed E-state index contributed by atoms with van der Waals surface area (Å²) in [6.45, 7) is 2.65. The molecule has 1 aromatic carbocycles. The lowest BCUT2D eigenvalue weighted by Crippen LogP contribution is -2.30. The number of rotatable bonds is 4. The van der Waals surface area contributed by atoms with E-state index in [-0.39, 0.29) is 0 Å². The number of thiocarbonyl (C=S) groups is 1. The Balaban J connectivity index is 1.91. The van der Waals surface area contributed by atoms with E-state index in [4.69, 9.17) is 17.0 Å². The number of hydrogen-bond acceptors (Lipinski definition) is 2. The first-order valence-electron chi connectivity index (χ1n) is 5.58. The lowest BCUT2D eigenvalue weighted by Gasteiger charge is -2.10. The molecule has 1 aliphatic rings. The Labute approximate surface area is 101 Å². The van der Waals surface area contributed by atoms with Crippen LogP contribution in [0.5, 0.6) is 5.75 Å². The molecule has 0 radical (unpaired) electrons. The van der Waals surface area contributed by atoms with E-state index >= 15 is 0 Å². The largest absolute Gasteiger partial charge is 0.494 e. The molecule has 0 spiro atoms. The fraction of sp³-hybridized carbons (Fsp3) is 0.417. The van der Waals surface area contributed by atoms with E-state index in [0.717, 1.165) is 11.4 Å². The molecule has 16 heavy (non-hydrogen) atoms. The first-order chi connectivity index (χ1) is 7.78. The highest BCUT2D eigenvalue weighted by Gasteiger charge is 2.21.